The molecule has 0 saturated carbocycles. The van der Waals surface area contributed by atoms with E-state index in [-0.39, 0.29) is 0 Å². The molecule has 0 atom stereocenters. The molecule has 0 saturated heterocycles. The van der Waals surface area contributed by atoms with E-state index in [4.69, 9.17) is 0 Å². The minimum absolute atomic E-state index is 1.08. The van der Waals surface area contributed by atoms with Crippen LogP contribution < -0.4 is 0 Å². The lowest BCUT2D eigenvalue weighted by atomic mass is 10.0. The van der Waals surface area contributed by atoms with Gasteiger partial charge in [-0.2, -0.15) is 0 Å². The molecule has 4 heteroatoms. The van der Waals surface area contributed by atoms with Crippen LogP contribution in [-0.4, -0.2) is 18.7 Å². The number of benzene rings is 11. The fourth-order valence-electron chi connectivity index (χ4n) is 11.8. The maximum Gasteiger partial charge on any atom is 0.0542 e. The largest absolute Gasteiger partial charge is 0.309 e. The molecule has 350 valence electrons. The SMILES string of the molecule is c1ccc(-c2ccc3c(c2)c2cc(-c4ccccc4)ccc2n3-c2ccc3c(c2)c2cc(-n4c5ccc(-c6ccccc6)cc5c5cc(-c6ccccc6)ccc54)ccc2n3-c2cccc(-c3cccnc3)c2)cc1. The summed E-state index contributed by atoms with van der Waals surface area (Å²) in [5.41, 5.74) is 22.0. The number of hydrogen-bond acceptors (Lipinski definition) is 1. The average Bonchev–Trinajstić information content (AvgIpc) is 4.14. The molecule has 0 aliphatic carbocycles. The predicted molar refractivity (Wildman–Crippen MR) is 314 cm³/mol. The lowest BCUT2D eigenvalue weighted by molar-refractivity contribution is 1.16. The van der Waals surface area contributed by atoms with E-state index in [1.54, 1.807) is 0 Å². The lowest BCUT2D eigenvalue weighted by Gasteiger charge is -2.12. The van der Waals surface area contributed by atoms with E-state index in [1.807, 2.05) is 18.5 Å². The Bertz CT molecular complexity index is 4210. The fourth-order valence-corrected chi connectivity index (χ4v) is 11.8. The Balaban J connectivity index is 0.982. The minimum Gasteiger partial charge on any atom is -0.309 e. The molecule has 0 fully saturated rings. The Morgan fingerprint density at radius 2 is 0.493 bits per heavy atom. The number of hydrogen-bond donors (Lipinski definition) is 0. The summed E-state index contributed by atoms with van der Waals surface area (Å²) in [6.07, 6.45) is 3.77. The van der Waals surface area contributed by atoms with Crippen molar-refractivity contribution in [1.29, 1.82) is 0 Å². The van der Waals surface area contributed by atoms with Gasteiger partial charge in [0, 0.05) is 67.3 Å². The van der Waals surface area contributed by atoms with Gasteiger partial charge in [0.05, 0.1) is 33.1 Å². The third kappa shape index (κ3) is 7.10. The van der Waals surface area contributed by atoms with Gasteiger partial charge >= 0.3 is 0 Å². The molecular weight excluding hydrogens is 909 g/mol. The molecule has 15 aromatic rings. The number of pyridine rings is 1. The van der Waals surface area contributed by atoms with Crippen LogP contribution >= 0.6 is 0 Å². The highest BCUT2D eigenvalue weighted by atomic mass is 15.0. The topological polar surface area (TPSA) is 27.7 Å². The smallest absolute Gasteiger partial charge is 0.0542 e. The van der Waals surface area contributed by atoms with Gasteiger partial charge in [0.2, 0.25) is 0 Å². The van der Waals surface area contributed by atoms with Gasteiger partial charge in [-0.3, -0.25) is 4.98 Å². The van der Waals surface area contributed by atoms with Gasteiger partial charge in [0.25, 0.3) is 0 Å². The summed E-state index contributed by atoms with van der Waals surface area (Å²) >= 11 is 0. The number of nitrogens with zero attached hydrogens (tertiary/aromatic N) is 4. The van der Waals surface area contributed by atoms with Gasteiger partial charge in [0.1, 0.15) is 0 Å². The molecule has 0 bridgehead atoms. The summed E-state index contributed by atoms with van der Waals surface area (Å²) in [4.78, 5) is 4.48. The third-order valence-electron chi connectivity index (χ3n) is 15.3. The van der Waals surface area contributed by atoms with E-state index in [0.29, 0.717) is 0 Å². The molecule has 0 radical (unpaired) electrons. The molecule has 75 heavy (non-hydrogen) atoms. The Labute approximate surface area is 433 Å². The molecule has 15 rings (SSSR count). The van der Waals surface area contributed by atoms with Gasteiger partial charge in [-0.05, 0) is 153 Å². The van der Waals surface area contributed by atoms with Crippen molar-refractivity contribution >= 4 is 65.4 Å². The van der Waals surface area contributed by atoms with Crippen LogP contribution in [0.15, 0.2) is 279 Å². The number of rotatable bonds is 8. The van der Waals surface area contributed by atoms with E-state index >= 15 is 0 Å². The second-order valence-corrected chi connectivity index (χ2v) is 19.6. The highest BCUT2D eigenvalue weighted by Gasteiger charge is 2.21. The molecule has 4 aromatic heterocycles. The van der Waals surface area contributed by atoms with Gasteiger partial charge in [-0.15, -0.1) is 0 Å². The predicted octanol–water partition coefficient (Wildman–Crippen LogP) is 18.7. The van der Waals surface area contributed by atoms with Crippen molar-refractivity contribution in [3.63, 3.8) is 0 Å². The van der Waals surface area contributed by atoms with Crippen LogP contribution in [0.4, 0.5) is 0 Å². The van der Waals surface area contributed by atoms with Crippen LogP contribution in [0.25, 0.3) is 138 Å². The third-order valence-corrected chi connectivity index (χ3v) is 15.3. The lowest BCUT2D eigenvalue weighted by Crippen LogP contribution is -1.97. The first kappa shape index (κ1) is 42.6. The minimum atomic E-state index is 1.08. The first-order chi connectivity index (χ1) is 37.2. The van der Waals surface area contributed by atoms with E-state index in [1.165, 1.54) is 76.8 Å². The molecule has 0 N–H and O–H groups in total. The van der Waals surface area contributed by atoms with Crippen LogP contribution in [-0.2, 0) is 0 Å². The summed E-state index contributed by atoms with van der Waals surface area (Å²) in [6, 6.07) is 97.8. The second-order valence-electron chi connectivity index (χ2n) is 19.6. The summed E-state index contributed by atoms with van der Waals surface area (Å²) in [5.74, 6) is 0. The van der Waals surface area contributed by atoms with Crippen molar-refractivity contribution < 1.29 is 0 Å². The normalized spacial score (nSPS) is 11.7. The number of fused-ring (bicyclic) bond motifs is 9. The van der Waals surface area contributed by atoms with Crippen LogP contribution in [0.5, 0.6) is 0 Å². The van der Waals surface area contributed by atoms with Crippen LogP contribution in [0.1, 0.15) is 0 Å². The molecular formula is C71H46N4. The van der Waals surface area contributed by atoms with Gasteiger partial charge in [-0.1, -0.05) is 164 Å². The van der Waals surface area contributed by atoms with E-state index in [2.05, 4.69) is 280 Å². The van der Waals surface area contributed by atoms with Crippen molar-refractivity contribution in [3.8, 4) is 72.7 Å². The van der Waals surface area contributed by atoms with Gasteiger partial charge in [-0.25, -0.2) is 0 Å². The molecule has 4 heterocycles. The summed E-state index contributed by atoms with van der Waals surface area (Å²) < 4.78 is 7.36. The average molecular weight is 955 g/mol. The fraction of sp³-hybridized carbons (Fsp3) is 0. The zero-order valence-electron chi connectivity index (χ0n) is 40.8. The van der Waals surface area contributed by atoms with Gasteiger partial charge in [0.15, 0.2) is 0 Å². The van der Waals surface area contributed by atoms with Crippen molar-refractivity contribution in [1.82, 2.24) is 18.7 Å². The van der Waals surface area contributed by atoms with Crippen LogP contribution in [0.3, 0.4) is 0 Å². The zero-order chi connectivity index (χ0) is 49.4. The second kappa shape index (κ2) is 17.3. The number of aromatic nitrogens is 4. The molecule has 11 aromatic carbocycles. The van der Waals surface area contributed by atoms with E-state index < -0.39 is 0 Å². The summed E-state index contributed by atoms with van der Waals surface area (Å²) in [7, 11) is 0. The van der Waals surface area contributed by atoms with Crippen molar-refractivity contribution in [2.24, 2.45) is 0 Å². The monoisotopic (exact) mass is 954 g/mol. The maximum atomic E-state index is 4.48. The van der Waals surface area contributed by atoms with Crippen molar-refractivity contribution in [2.45, 2.75) is 0 Å². The molecule has 0 aliphatic heterocycles. The molecule has 0 amide bonds. The standard InChI is InChI=1S/C71H46N4/c1-5-15-47(16-6-1)52-26-32-66-60(40-52)61-41-53(48-17-7-2-8-18-48)27-33-67(61)74(66)58-30-36-70-64(44-58)65-45-59(31-37-71(65)73(70)57-25-13-23-51(39-57)56-24-14-38-72-46-56)75-68-34-28-54(49-19-9-3-10-20-49)42-62(68)63-43-55(29-35-69(63)75)50-21-11-4-12-22-50/h1-46H. The van der Waals surface area contributed by atoms with Crippen molar-refractivity contribution in [3.05, 3.63) is 279 Å². The zero-order valence-corrected chi connectivity index (χ0v) is 40.8. The Kier molecular flexibility index (Phi) is 9.85. The highest BCUT2D eigenvalue weighted by molar-refractivity contribution is 6.15. The van der Waals surface area contributed by atoms with Crippen LogP contribution in [0.2, 0.25) is 0 Å². The van der Waals surface area contributed by atoms with Crippen LogP contribution in [0, 0.1) is 0 Å². The Morgan fingerprint density at radius 3 is 0.840 bits per heavy atom. The first-order valence-electron chi connectivity index (χ1n) is 25.7. The molecule has 0 unspecified atom stereocenters. The summed E-state index contributed by atoms with van der Waals surface area (Å²) in [5, 5.41) is 7.23. The Hall–Kier alpha value is -10.0. The summed E-state index contributed by atoms with van der Waals surface area (Å²) in [6.45, 7) is 0. The maximum absolute atomic E-state index is 4.48. The van der Waals surface area contributed by atoms with E-state index in [0.717, 1.165) is 61.3 Å². The van der Waals surface area contributed by atoms with Gasteiger partial charge < -0.3 is 13.7 Å². The molecule has 4 nitrogen and oxygen atoms in total. The Morgan fingerprint density at radius 1 is 0.200 bits per heavy atom. The van der Waals surface area contributed by atoms with E-state index in [9.17, 15) is 0 Å². The first-order valence-corrected chi connectivity index (χ1v) is 25.7. The van der Waals surface area contributed by atoms with Crippen molar-refractivity contribution in [2.75, 3.05) is 0 Å². The quantitative estimate of drug-likeness (QED) is 0.149. The molecule has 0 spiro atoms. The highest BCUT2D eigenvalue weighted by Crippen LogP contribution is 2.43. The molecule has 0 aliphatic rings.